The molecule has 0 amide bonds. The molecule has 0 aliphatic heterocycles. The van der Waals surface area contributed by atoms with Crippen molar-refractivity contribution in [2.45, 2.75) is 57.4 Å². The molecule has 1 saturated carbocycles. The van der Waals surface area contributed by atoms with Crippen LogP contribution >= 0.6 is 35.7 Å². The van der Waals surface area contributed by atoms with E-state index in [0.717, 1.165) is 23.3 Å². The van der Waals surface area contributed by atoms with Gasteiger partial charge in [0.15, 0.2) is 17.5 Å². The quantitative estimate of drug-likeness (QED) is 0.303. The number of rotatable bonds is 7. The van der Waals surface area contributed by atoms with Crippen LogP contribution in [0.3, 0.4) is 0 Å². The van der Waals surface area contributed by atoms with Crippen molar-refractivity contribution in [2.75, 3.05) is 19.4 Å². The molecular weight excluding hydrogens is 461 g/mol. The molecule has 7 heteroatoms. The molecule has 2 rings (SSSR count). The van der Waals surface area contributed by atoms with Gasteiger partial charge in [0.2, 0.25) is 0 Å². The van der Waals surface area contributed by atoms with E-state index >= 15 is 0 Å². The summed E-state index contributed by atoms with van der Waals surface area (Å²) in [7, 11) is 1.56. The Hall–Kier alpha value is -0.830. The molecule has 0 spiro atoms. The lowest BCUT2D eigenvalue weighted by atomic mass is 9.95. The Morgan fingerprint density at radius 2 is 2.15 bits per heavy atom. The Bertz CT molecular complexity index is 570. The number of aromatic hydroxyl groups is 1. The number of methoxy groups -OCH3 is 1. The van der Waals surface area contributed by atoms with E-state index in [1.165, 1.54) is 31.4 Å². The number of nitrogens with zero attached hydrogens (tertiary/aromatic N) is 1. The molecule has 0 aromatic heterocycles. The molecule has 5 nitrogen and oxygen atoms in total. The molecule has 0 heterocycles. The lowest BCUT2D eigenvalue weighted by Crippen LogP contribution is -2.45. The summed E-state index contributed by atoms with van der Waals surface area (Å²) in [6, 6.07) is 5.96. The molecule has 1 aromatic rings. The minimum absolute atomic E-state index is 0. The summed E-state index contributed by atoms with van der Waals surface area (Å²) in [5, 5.41) is 17.9. The molecule has 26 heavy (non-hydrogen) atoms. The summed E-state index contributed by atoms with van der Waals surface area (Å²) in [4.78, 5) is 4.66. The molecule has 1 aliphatic carbocycles. The van der Waals surface area contributed by atoms with E-state index in [-0.39, 0.29) is 29.7 Å². The second kappa shape index (κ2) is 12.5. The van der Waals surface area contributed by atoms with Gasteiger partial charge in [0.25, 0.3) is 0 Å². The van der Waals surface area contributed by atoms with Crippen LogP contribution in [0.2, 0.25) is 0 Å². The Balaban J connectivity index is 0.00000338. The average molecular weight is 493 g/mol. The highest BCUT2D eigenvalue weighted by Crippen LogP contribution is 2.30. The van der Waals surface area contributed by atoms with Gasteiger partial charge in [-0.2, -0.15) is 11.8 Å². The SMILES string of the molecule is CCNC(=NCc1cccc(OC)c1O)NC1CCCC(SCC)C1.I. The number of nitrogens with one attached hydrogen (secondary N) is 2. The fourth-order valence-corrected chi connectivity index (χ4v) is 4.37. The maximum atomic E-state index is 10.2. The van der Waals surface area contributed by atoms with Crippen molar-refractivity contribution in [2.24, 2.45) is 4.99 Å². The van der Waals surface area contributed by atoms with E-state index in [0.29, 0.717) is 18.3 Å². The van der Waals surface area contributed by atoms with Crippen molar-refractivity contribution in [3.63, 3.8) is 0 Å². The maximum Gasteiger partial charge on any atom is 0.191 e. The normalized spacial score (nSPS) is 20.2. The average Bonchev–Trinajstić information content (AvgIpc) is 2.61. The van der Waals surface area contributed by atoms with Crippen molar-refractivity contribution in [3.05, 3.63) is 23.8 Å². The van der Waals surface area contributed by atoms with Gasteiger partial charge in [-0.05, 0) is 38.0 Å². The number of benzene rings is 1. The third-order valence-corrected chi connectivity index (χ3v) is 5.66. The van der Waals surface area contributed by atoms with Gasteiger partial charge >= 0.3 is 0 Å². The van der Waals surface area contributed by atoms with E-state index < -0.39 is 0 Å². The molecule has 1 aromatic carbocycles. The van der Waals surface area contributed by atoms with Gasteiger partial charge in [-0.1, -0.05) is 25.5 Å². The standard InChI is InChI=1S/C19H31N3O2S.HI/c1-4-20-19(22-15-9-7-10-16(12-15)25-5-2)21-13-14-8-6-11-17(24-3)18(14)23;/h6,8,11,15-16,23H,4-5,7,9-10,12-13H2,1-3H3,(H2,20,21,22);1H. The Kier molecular flexibility index (Phi) is 11.2. The van der Waals surface area contributed by atoms with Gasteiger partial charge in [0.05, 0.1) is 13.7 Å². The number of phenolic OH excluding ortho intramolecular Hbond substituents is 1. The number of hydrogen-bond donors (Lipinski definition) is 3. The van der Waals surface area contributed by atoms with Crippen LogP contribution in [0.15, 0.2) is 23.2 Å². The first-order valence-corrected chi connectivity index (χ1v) is 10.2. The second-order valence-electron chi connectivity index (χ2n) is 6.25. The van der Waals surface area contributed by atoms with Crippen molar-refractivity contribution in [3.8, 4) is 11.5 Å². The van der Waals surface area contributed by atoms with Crippen LogP contribution in [-0.4, -0.2) is 41.8 Å². The van der Waals surface area contributed by atoms with Crippen molar-refractivity contribution >= 4 is 41.7 Å². The number of phenols is 1. The molecule has 1 fully saturated rings. The fraction of sp³-hybridized carbons (Fsp3) is 0.632. The number of guanidine groups is 1. The molecule has 2 atom stereocenters. The van der Waals surface area contributed by atoms with Crippen LogP contribution in [0, 0.1) is 0 Å². The molecular formula is C19H32IN3O2S. The lowest BCUT2D eigenvalue weighted by Gasteiger charge is -2.30. The molecule has 2 unspecified atom stereocenters. The Morgan fingerprint density at radius 1 is 1.35 bits per heavy atom. The van der Waals surface area contributed by atoms with Crippen LogP contribution in [0.5, 0.6) is 11.5 Å². The van der Waals surface area contributed by atoms with E-state index in [2.05, 4.69) is 41.2 Å². The monoisotopic (exact) mass is 493 g/mol. The molecule has 1 aliphatic rings. The van der Waals surface area contributed by atoms with Gasteiger partial charge in [0, 0.05) is 23.4 Å². The third kappa shape index (κ3) is 7.06. The summed E-state index contributed by atoms with van der Waals surface area (Å²) in [5.41, 5.74) is 0.764. The van der Waals surface area contributed by atoms with Crippen LogP contribution in [0.1, 0.15) is 45.1 Å². The predicted molar refractivity (Wildman–Crippen MR) is 122 cm³/mol. The van der Waals surface area contributed by atoms with Crippen LogP contribution in [0.4, 0.5) is 0 Å². The summed E-state index contributed by atoms with van der Waals surface area (Å²) in [6.45, 7) is 5.53. The van der Waals surface area contributed by atoms with Gasteiger partial charge in [-0.25, -0.2) is 4.99 Å². The zero-order valence-electron chi connectivity index (χ0n) is 16.0. The first-order valence-electron chi connectivity index (χ1n) is 9.19. The first kappa shape index (κ1) is 23.2. The summed E-state index contributed by atoms with van der Waals surface area (Å²) in [6.07, 6.45) is 4.97. The molecule has 3 N–H and O–H groups in total. The van der Waals surface area contributed by atoms with E-state index in [1.54, 1.807) is 13.2 Å². The Morgan fingerprint density at radius 3 is 2.85 bits per heavy atom. The van der Waals surface area contributed by atoms with Crippen LogP contribution in [0.25, 0.3) is 0 Å². The number of thioether (sulfide) groups is 1. The van der Waals surface area contributed by atoms with Gasteiger partial charge in [-0.3, -0.25) is 0 Å². The minimum Gasteiger partial charge on any atom is -0.504 e. The summed E-state index contributed by atoms with van der Waals surface area (Å²) < 4.78 is 5.16. The number of hydrogen-bond acceptors (Lipinski definition) is 4. The lowest BCUT2D eigenvalue weighted by molar-refractivity contribution is 0.370. The zero-order valence-corrected chi connectivity index (χ0v) is 19.1. The van der Waals surface area contributed by atoms with Crippen molar-refractivity contribution in [1.29, 1.82) is 0 Å². The zero-order chi connectivity index (χ0) is 18.1. The Labute approximate surface area is 178 Å². The molecule has 148 valence electrons. The largest absolute Gasteiger partial charge is 0.504 e. The topological polar surface area (TPSA) is 65.9 Å². The van der Waals surface area contributed by atoms with E-state index in [9.17, 15) is 5.11 Å². The highest BCUT2D eigenvalue weighted by Gasteiger charge is 2.22. The second-order valence-corrected chi connectivity index (χ2v) is 7.83. The highest BCUT2D eigenvalue weighted by atomic mass is 127. The number of para-hydroxylation sites is 1. The maximum absolute atomic E-state index is 10.2. The van der Waals surface area contributed by atoms with Crippen LogP contribution in [-0.2, 0) is 6.54 Å². The fourth-order valence-electron chi connectivity index (χ4n) is 3.20. The number of halogens is 1. The van der Waals surface area contributed by atoms with E-state index in [4.69, 9.17) is 4.74 Å². The van der Waals surface area contributed by atoms with Crippen LogP contribution < -0.4 is 15.4 Å². The minimum atomic E-state index is 0. The van der Waals surface area contributed by atoms with Crippen molar-refractivity contribution < 1.29 is 9.84 Å². The summed E-state index contributed by atoms with van der Waals surface area (Å²) >= 11 is 2.07. The number of ether oxygens (including phenoxy) is 1. The number of aliphatic imine (C=N–C) groups is 1. The summed E-state index contributed by atoms with van der Waals surface area (Å²) in [5.74, 6) is 2.65. The first-order chi connectivity index (χ1) is 12.2. The smallest absolute Gasteiger partial charge is 0.191 e. The highest BCUT2D eigenvalue weighted by molar-refractivity contribution is 14.0. The van der Waals surface area contributed by atoms with Gasteiger partial charge < -0.3 is 20.5 Å². The van der Waals surface area contributed by atoms with E-state index in [1.807, 2.05) is 12.1 Å². The molecule has 0 saturated heterocycles. The van der Waals surface area contributed by atoms with Gasteiger partial charge in [0.1, 0.15) is 0 Å². The molecule has 0 bridgehead atoms. The third-order valence-electron chi connectivity index (χ3n) is 4.42. The molecule has 0 radical (unpaired) electrons. The predicted octanol–water partition coefficient (Wildman–Crippen LogP) is 4.14. The van der Waals surface area contributed by atoms with Gasteiger partial charge in [-0.15, -0.1) is 24.0 Å². The van der Waals surface area contributed by atoms with Crippen molar-refractivity contribution in [1.82, 2.24) is 10.6 Å².